The number of amides is 2. The van der Waals surface area contributed by atoms with E-state index in [1.165, 1.54) is 6.92 Å². The van der Waals surface area contributed by atoms with E-state index >= 15 is 0 Å². The number of carbonyl (C=O) groups is 2. The maximum Gasteiger partial charge on any atom is 0.242 e. The Morgan fingerprint density at radius 2 is 2.00 bits per heavy atom. The molecule has 0 bridgehead atoms. The van der Waals surface area contributed by atoms with Gasteiger partial charge in [-0.3, -0.25) is 9.59 Å². The Bertz CT molecular complexity index is 724. The summed E-state index contributed by atoms with van der Waals surface area (Å²) in [5.41, 5.74) is 2.03. The third kappa shape index (κ3) is 6.19. The van der Waals surface area contributed by atoms with Crippen LogP contribution < -0.4 is 10.6 Å². The number of aromatic nitrogens is 1. The summed E-state index contributed by atoms with van der Waals surface area (Å²) in [7, 11) is 0. The van der Waals surface area contributed by atoms with Crippen molar-refractivity contribution in [3.8, 4) is 0 Å². The van der Waals surface area contributed by atoms with E-state index in [1.54, 1.807) is 0 Å². The van der Waals surface area contributed by atoms with Crippen molar-refractivity contribution in [1.82, 2.24) is 15.6 Å². The van der Waals surface area contributed by atoms with Gasteiger partial charge < -0.3 is 20.4 Å². The number of nitrogens with one attached hydrogen (secondary N) is 3. The van der Waals surface area contributed by atoms with Crippen LogP contribution in [0.1, 0.15) is 32.8 Å². The molecule has 142 valence electrons. The normalized spacial score (nSPS) is 12.3. The number of benzene rings is 1. The van der Waals surface area contributed by atoms with Gasteiger partial charge in [0.1, 0.15) is 6.04 Å². The molecule has 0 saturated heterocycles. The fourth-order valence-corrected chi connectivity index (χ4v) is 2.80. The molecule has 1 unspecified atom stereocenters. The second-order valence-corrected chi connectivity index (χ2v) is 6.93. The van der Waals surface area contributed by atoms with Crippen molar-refractivity contribution in [2.75, 3.05) is 19.8 Å². The lowest BCUT2D eigenvalue weighted by molar-refractivity contribution is -0.128. The molecule has 6 heteroatoms. The highest BCUT2D eigenvalue weighted by molar-refractivity contribution is 5.89. The second-order valence-electron chi connectivity index (χ2n) is 6.93. The molecule has 0 aliphatic carbocycles. The van der Waals surface area contributed by atoms with Crippen LogP contribution in [0.2, 0.25) is 0 Å². The van der Waals surface area contributed by atoms with Gasteiger partial charge in [0.15, 0.2) is 0 Å². The Hall–Kier alpha value is -2.34. The molecule has 2 aromatic rings. The van der Waals surface area contributed by atoms with Crippen molar-refractivity contribution >= 4 is 22.7 Å². The van der Waals surface area contributed by atoms with Crippen LogP contribution in [0.4, 0.5) is 0 Å². The number of ether oxygens (including phenoxy) is 1. The van der Waals surface area contributed by atoms with Gasteiger partial charge in [-0.15, -0.1) is 0 Å². The highest BCUT2D eigenvalue weighted by Gasteiger charge is 2.21. The minimum absolute atomic E-state index is 0.172. The monoisotopic (exact) mass is 359 g/mol. The number of para-hydroxylation sites is 1. The van der Waals surface area contributed by atoms with Crippen molar-refractivity contribution in [1.29, 1.82) is 0 Å². The number of rotatable bonds is 10. The summed E-state index contributed by atoms with van der Waals surface area (Å²) in [6, 6.07) is 7.33. The maximum atomic E-state index is 12.5. The molecule has 0 aliphatic rings. The van der Waals surface area contributed by atoms with Gasteiger partial charge in [-0.05, 0) is 24.0 Å². The predicted molar refractivity (Wildman–Crippen MR) is 103 cm³/mol. The molecule has 2 amide bonds. The van der Waals surface area contributed by atoms with Gasteiger partial charge >= 0.3 is 0 Å². The number of carbonyl (C=O) groups excluding carboxylic acids is 2. The average molecular weight is 359 g/mol. The van der Waals surface area contributed by atoms with Crippen LogP contribution in [0.3, 0.4) is 0 Å². The van der Waals surface area contributed by atoms with Crippen molar-refractivity contribution in [2.24, 2.45) is 5.92 Å². The zero-order valence-corrected chi connectivity index (χ0v) is 15.8. The Kier molecular flexibility index (Phi) is 7.66. The lowest BCUT2D eigenvalue weighted by atomic mass is 10.0. The molecule has 3 N–H and O–H groups in total. The molecule has 1 atom stereocenters. The summed E-state index contributed by atoms with van der Waals surface area (Å²) in [6.45, 7) is 7.50. The maximum absolute atomic E-state index is 12.5. The van der Waals surface area contributed by atoms with Crippen molar-refractivity contribution < 1.29 is 14.3 Å². The fraction of sp³-hybridized carbons (Fsp3) is 0.500. The molecule has 0 saturated carbocycles. The van der Waals surface area contributed by atoms with Crippen LogP contribution in [0.5, 0.6) is 0 Å². The van der Waals surface area contributed by atoms with E-state index < -0.39 is 6.04 Å². The summed E-state index contributed by atoms with van der Waals surface area (Å²) in [5.74, 6) is 0.115. The lowest BCUT2D eigenvalue weighted by Gasteiger charge is -2.17. The highest BCUT2D eigenvalue weighted by Crippen LogP contribution is 2.19. The van der Waals surface area contributed by atoms with E-state index in [2.05, 4.69) is 29.5 Å². The summed E-state index contributed by atoms with van der Waals surface area (Å²) >= 11 is 0. The first kappa shape index (κ1) is 20.0. The molecule has 1 aromatic carbocycles. The number of hydrogen-bond donors (Lipinski definition) is 3. The molecule has 1 aromatic heterocycles. The van der Waals surface area contributed by atoms with Crippen LogP contribution in [0.25, 0.3) is 10.9 Å². The molecular formula is C20H29N3O3. The quantitative estimate of drug-likeness (QED) is 0.570. The van der Waals surface area contributed by atoms with E-state index in [0.29, 0.717) is 25.5 Å². The van der Waals surface area contributed by atoms with E-state index in [1.807, 2.05) is 30.5 Å². The molecule has 0 aliphatic heterocycles. The first-order valence-corrected chi connectivity index (χ1v) is 9.15. The molecule has 6 nitrogen and oxygen atoms in total. The van der Waals surface area contributed by atoms with E-state index in [9.17, 15) is 9.59 Å². The van der Waals surface area contributed by atoms with E-state index in [4.69, 9.17) is 4.74 Å². The van der Waals surface area contributed by atoms with Gasteiger partial charge in [-0.1, -0.05) is 32.0 Å². The average Bonchev–Trinajstić information content (AvgIpc) is 2.99. The lowest BCUT2D eigenvalue weighted by Crippen LogP contribution is -2.47. The second kappa shape index (κ2) is 9.97. The molecule has 0 fully saturated rings. The predicted octanol–water partition coefficient (Wildman–Crippen LogP) is 2.39. The van der Waals surface area contributed by atoms with Gasteiger partial charge in [-0.2, -0.15) is 0 Å². The fourth-order valence-electron chi connectivity index (χ4n) is 2.80. The summed E-state index contributed by atoms with van der Waals surface area (Å²) in [6.07, 6.45) is 3.09. The van der Waals surface area contributed by atoms with E-state index in [0.717, 1.165) is 29.5 Å². The van der Waals surface area contributed by atoms with Crippen LogP contribution >= 0.6 is 0 Å². The minimum Gasteiger partial charge on any atom is -0.381 e. The van der Waals surface area contributed by atoms with Gasteiger partial charge in [0.25, 0.3) is 0 Å². The Morgan fingerprint density at radius 1 is 1.23 bits per heavy atom. The number of aromatic amines is 1. The molecule has 26 heavy (non-hydrogen) atoms. The number of H-pyrrole nitrogens is 1. The standard InChI is InChI=1S/C20H29N3O3/c1-14(2)13-26-10-6-9-21-20(25)19(23-15(3)24)11-16-12-22-18-8-5-4-7-17(16)18/h4-5,7-8,12,14,19,22H,6,9-11,13H2,1-3H3,(H,21,25)(H,23,24). The molecule has 0 radical (unpaired) electrons. The Balaban J connectivity index is 1.89. The molecular weight excluding hydrogens is 330 g/mol. The van der Waals surface area contributed by atoms with Crippen LogP contribution in [-0.2, 0) is 20.7 Å². The van der Waals surface area contributed by atoms with Gasteiger partial charge in [0.05, 0.1) is 0 Å². The van der Waals surface area contributed by atoms with Crippen molar-refractivity contribution in [3.63, 3.8) is 0 Å². The Morgan fingerprint density at radius 3 is 2.73 bits per heavy atom. The topological polar surface area (TPSA) is 83.2 Å². The smallest absolute Gasteiger partial charge is 0.242 e. The van der Waals surface area contributed by atoms with Gasteiger partial charge in [0, 0.05) is 50.2 Å². The zero-order valence-electron chi connectivity index (χ0n) is 15.8. The van der Waals surface area contributed by atoms with E-state index in [-0.39, 0.29) is 11.8 Å². The zero-order chi connectivity index (χ0) is 18.9. The van der Waals surface area contributed by atoms with Crippen LogP contribution in [0.15, 0.2) is 30.5 Å². The minimum atomic E-state index is -0.594. The third-order valence-corrected chi connectivity index (χ3v) is 4.01. The molecule has 2 rings (SSSR count). The van der Waals surface area contributed by atoms with Gasteiger partial charge in [0.2, 0.25) is 11.8 Å². The number of fused-ring (bicyclic) bond motifs is 1. The largest absolute Gasteiger partial charge is 0.381 e. The number of hydrogen-bond acceptors (Lipinski definition) is 3. The first-order chi connectivity index (χ1) is 12.5. The van der Waals surface area contributed by atoms with Crippen molar-refractivity contribution in [2.45, 2.75) is 39.7 Å². The SMILES string of the molecule is CC(=O)NC(Cc1c[nH]c2ccccc12)C(=O)NCCCOCC(C)C. The molecule has 1 heterocycles. The van der Waals surface area contributed by atoms with Crippen molar-refractivity contribution in [3.05, 3.63) is 36.0 Å². The van der Waals surface area contributed by atoms with Crippen LogP contribution in [-0.4, -0.2) is 42.6 Å². The summed E-state index contributed by atoms with van der Waals surface area (Å²) in [5, 5.41) is 6.71. The third-order valence-electron chi connectivity index (χ3n) is 4.01. The summed E-state index contributed by atoms with van der Waals surface area (Å²) < 4.78 is 5.51. The highest BCUT2D eigenvalue weighted by atomic mass is 16.5. The molecule has 0 spiro atoms. The first-order valence-electron chi connectivity index (χ1n) is 9.15. The Labute approximate surface area is 154 Å². The van der Waals surface area contributed by atoms with Crippen LogP contribution in [0, 0.1) is 5.92 Å². The van der Waals surface area contributed by atoms with Gasteiger partial charge in [-0.25, -0.2) is 0 Å². The summed E-state index contributed by atoms with van der Waals surface area (Å²) in [4.78, 5) is 27.2.